The fourth-order valence-electron chi connectivity index (χ4n) is 1.85. The highest BCUT2D eigenvalue weighted by Crippen LogP contribution is 2.34. The summed E-state index contributed by atoms with van der Waals surface area (Å²) in [7, 11) is 1.69. The molecule has 0 amide bonds. The largest absolute Gasteiger partial charge is 0.507 e. The first kappa shape index (κ1) is 13.0. The van der Waals surface area contributed by atoms with Crippen LogP contribution in [-0.2, 0) is 23.2 Å². The van der Waals surface area contributed by atoms with E-state index in [0.717, 1.165) is 23.1 Å². The van der Waals surface area contributed by atoms with Gasteiger partial charge >= 0.3 is 0 Å². The summed E-state index contributed by atoms with van der Waals surface area (Å²) in [6.07, 6.45) is 0.840. The van der Waals surface area contributed by atoms with Crippen molar-refractivity contribution in [2.75, 3.05) is 7.11 Å². The number of rotatable bonds is 3. The van der Waals surface area contributed by atoms with Crippen LogP contribution >= 0.6 is 0 Å². The summed E-state index contributed by atoms with van der Waals surface area (Å²) in [5, 5.41) is 10.2. The summed E-state index contributed by atoms with van der Waals surface area (Å²) in [6.45, 7) is 8.97. The van der Waals surface area contributed by atoms with E-state index < -0.39 is 0 Å². The molecule has 0 aromatic heterocycles. The molecular formula is C14H22O2. The Balaban J connectivity index is 3.30. The number of ether oxygens (including phenoxy) is 1. The Hall–Kier alpha value is -1.02. The predicted molar refractivity (Wildman–Crippen MR) is 66.9 cm³/mol. The van der Waals surface area contributed by atoms with E-state index in [0.29, 0.717) is 12.4 Å². The van der Waals surface area contributed by atoms with Crippen molar-refractivity contribution < 1.29 is 9.84 Å². The third-order valence-corrected chi connectivity index (χ3v) is 2.75. The monoisotopic (exact) mass is 222 g/mol. The van der Waals surface area contributed by atoms with Crippen molar-refractivity contribution in [1.82, 2.24) is 0 Å². The van der Waals surface area contributed by atoms with E-state index in [4.69, 9.17) is 4.74 Å². The molecule has 90 valence electrons. The van der Waals surface area contributed by atoms with Gasteiger partial charge in [0.2, 0.25) is 0 Å². The number of aromatic hydroxyl groups is 1. The van der Waals surface area contributed by atoms with Crippen molar-refractivity contribution in [3.05, 3.63) is 28.8 Å². The molecule has 2 nitrogen and oxygen atoms in total. The second-order valence-corrected chi connectivity index (χ2v) is 5.19. The molecular weight excluding hydrogens is 200 g/mol. The van der Waals surface area contributed by atoms with Gasteiger partial charge in [-0.1, -0.05) is 27.7 Å². The Morgan fingerprint density at radius 3 is 2.31 bits per heavy atom. The number of hydrogen-bond acceptors (Lipinski definition) is 2. The van der Waals surface area contributed by atoms with Crippen LogP contribution in [0.1, 0.15) is 44.4 Å². The maximum atomic E-state index is 10.2. The minimum Gasteiger partial charge on any atom is -0.507 e. The molecule has 1 rings (SSSR count). The molecule has 1 aromatic rings. The molecule has 0 saturated carbocycles. The minimum atomic E-state index is -0.0439. The molecule has 16 heavy (non-hydrogen) atoms. The van der Waals surface area contributed by atoms with Crippen LogP contribution in [0.3, 0.4) is 0 Å². The summed E-state index contributed by atoms with van der Waals surface area (Å²) in [6, 6.07) is 4.06. The van der Waals surface area contributed by atoms with Crippen molar-refractivity contribution in [3.63, 3.8) is 0 Å². The van der Waals surface area contributed by atoms with Crippen LogP contribution in [0.2, 0.25) is 0 Å². The van der Waals surface area contributed by atoms with Crippen molar-refractivity contribution in [2.45, 2.75) is 46.1 Å². The average Bonchev–Trinajstić information content (AvgIpc) is 2.19. The van der Waals surface area contributed by atoms with Gasteiger partial charge < -0.3 is 9.84 Å². The van der Waals surface area contributed by atoms with Gasteiger partial charge in [-0.2, -0.15) is 0 Å². The zero-order chi connectivity index (χ0) is 12.3. The lowest BCUT2D eigenvalue weighted by Gasteiger charge is -2.23. The van der Waals surface area contributed by atoms with Crippen molar-refractivity contribution in [3.8, 4) is 5.75 Å². The molecule has 0 aliphatic rings. The SMILES string of the molecule is CCc1cc(COC)cc(C(C)(C)C)c1O. The molecule has 0 aliphatic heterocycles. The van der Waals surface area contributed by atoms with Gasteiger partial charge in [-0.3, -0.25) is 0 Å². The van der Waals surface area contributed by atoms with Crippen LogP contribution in [0.25, 0.3) is 0 Å². The van der Waals surface area contributed by atoms with Crippen LogP contribution in [0.15, 0.2) is 12.1 Å². The molecule has 0 fully saturated rings. The molecule has 0 heterocycles. The van der Waals surface area contributed by atoms with Gasteiger partial charge in [0.1, 0.15) is 5.75 Å². The van der Waals surface area contributed by atoms with Gasteiger partial charge in [-0.25, -0.2) is 0 Å². The normalized spacial score (nSPS) is 11.8. The van der Waals surface area contributed by atoms with Crippen LogP contribution in [-0.4, -0.2) is 12.2 Å². The number of phenols is 1. The fourth-order valence-corrected chi connectivity index (χ4v) is 1.85. The van der Waals surface area contributed by atoms with Gasteiger partial charge in [0.25, 0.3) is 0 Å². The summed E-state index contributed by atoms with van der Waals surface area (Å²) in [4.78, 5) is 0. The molecule has 1 N–H and O–H groups in total. The highest BCUT2D eigenvalue weighted by atomic mass is 16.5. The first-order chi connectivity index (χ1) is 7.40. The maximum Gasteiger partial charge on any atom is 0.122 e. The Labute approximate surface area is 98.3 Å². The first-order valence-corrected chi connectivity index (χ1v) is 5.74. The molecule has 0 spiro atoms. The maximum absolute atomic E-state index is 10.2. The highest BCUT2D eigenvalue weighted by Gasteiger charge is 2.20. The number of aryl methyl sites for hydroxylation is 1. The fraction of sp³-hybridized carbons (Fsp3) is 0.571. The topological polar surface area (TPSA) is 29.5 Å². The highest BCUT2D eigenvalue weighted by molar-refractivity contribution is 5.47. The van der Waals surface area contributed by atoms with E-state index in [9.17, 15) is 5.11 Å². The zero-order valence-corrected chi connectivity index (χ0v) is 10.9. The van der Waals surface area contributed by atoms with Crippen molar-refractivity contribution in [2.24, 2.45) is 0 Å². The molecule has 0 aliphatic carbocycles. The lowest BCUT2D eigenvalue weighted by Crippen LogP contribution is -2.13. The smallest absolute Gasteiger partial charge is 0.122 e. The van der Waals surface area contributed by atoms with E-state index >= 15 is 0 Å². The Morgan fingerprint density at radius 1 is 1.25 bits per heavy atom. The van der Waals surface area contributed by atoms with E-state index in [1.807, 2.05) is 12.1 Å². The molecule has 0 unspecified atom stereocenters. The van der Waals surface area contributed by atoms with E-state index in [2.05, 4.69) is 27.7 Å². The van der Waals surface area contributed by atoms with E-state index in [1.165, 1.54) is 0 Å². The first-order valence-electron chi connectivity index (χ1n) is 5.74. The number of methoxy groups -OCH3 is 1. The second kappa shape index (κ2) is 4.88. The lowest BCUT2D eigenvalue weighted by molar-refractivity contribution is 0.184. The number of phenolic OH excluding ortho intramolecular Hbond substituents is 1. The summed E-state index contributed by atoms with van der Waals surface area (Å²) >= 11 is 0. The zero-order valence-electron chi connectivity index (χ0n) is 10.9. The van der Waals surface area contributed by atoms with Crippen molar-refractivity contribution >= 4 is 0 Å². The minimum absolute atomic E-state index is 0.0439. The lowest BCUT2D eigenvalue weighted by atomic mass is 9.84. The van der Waals surface area contributed by atoms with Gasteiger partial charge in [0.15, 0.2) is 0 Å². The third kappa shape index (κ3) is 2.76. The molecule has 0 bridgehead atoms. The molecule has 0 radical (unpaired) electrons. The van der Waals surface area contributed by atoms with Gasteiger partial charge in [-0.15, -0.1) is 0 Å². The number of hydrogen-bond donors (Lipinski definition) is 1. The molecule has 0 atom stereocenters. The summed E-state index contributed by atoms with van der Waals surface area (Å²) in [5.41, 5.74) is 3.08. The van der Waals surface area contributed by atoms with Crippen molar-refractivity contribution in [1.29, 1.82) is 0 Å². The number of benzene rings is 1. The van der Waals surface area contributed by atoms with Crippen LogP contribution < -0.4 is 0 Å². The van der Waals surface area contributed by atoms with Crippen LogP contribution in [0.4, 0.5) is 0 Å². The summed E-state index contributed by atoms with van der Waals surface area (Å²) < 4.78 is 5.15. The van der Waals surface area contributed by atoms with Gasteiger partial charge in [0, 0.05) is 7.11 Å². The second-order valence-electron chi connectivity index (χ2n) is 5.19. The molecule has 1 aromatic carbocycles. The quantitative estimate of drug-likeness (QED) is 0.849. The molecule has 0 saturated heterocycles. The van der Waals surface area contributed by atoms with Crippen LogP contribution in [0, 0.1) is 0 Å². The predicted octanol–water partition coefficient (Wildman–Crippen LogP) is 3.40. The van der Waals surface area contributed by atoms with E-state index in [1.54, 1.807) is 7.11 Å². The Bertz CT molecular complexity index is 362. The average molecular weight is 222 g/mol. The standard InChI is InChI=1S/C14H22O2/c1-6-11-7-10(9-16-5)8-12(13(11)15)14(2,3)4/h7-8,15H,6,9H2,1-5H3. The Kier molecular flexibility index (Phi) is 3.98. The Morgan fingerprint density at radius 2 is 1.88 bits per heavy atom. The van der Waals surface area contributed by atoms with Crippen LogP contribution in [0.5, 0.6) is 5.75 Å². The summed E-state index contributed by atoms with van der Waals surface area (Å²) in [5.74, 6) is 0.440. The third-order valence-electron chi connectivity index (χ3n) is 2.75. The molecule has 2 heteroatoms. The van der Waals surface area contributed by atoms with Gasteiger partial charge in [-0.05, 0) is 40.7 Å². The van der Waals surface area contributed by atoms with Gasteiger partial charge in [0.05, 0.1) is 6.61 Å². The van der Waals surface area contributed by atoms with E-state index in [-0.39, 0.29) is 5.41 Å².